The van der Waals surface area contributed by atoms with Crippen LogP contribution in [0.25, 0.3) is 0 Å². The minimum atomic E-state index is -2.97. The van der Waals surface area contributed by atoms with E-state index in [1.165, 1.54) is 37.5 Å². The smallest absolute Gasteiger partial charge is 0.387 e. The predicted molar refractivity (Wildman–Crippen MR) is 112 cm³/mol. The lowest BCUT2D eigenvalue weighted by Gasteiger charge is -2.56. The Morgan fingerprint density at radius 2 is 1.77 bits per heavy atom. The van der Waals surface area contributed by atoms with E-state index >= 15 is 0 Å². The van der Waals surface area contributed by atoms with Crippen molar-refractivity contribution in [2.75, 3.05) is 11.9 Å². The van der Waals surface area contributed by atoms with Crippen LogP contribution in [-0.2, 0) is 9.59 Å². The molecule has 1 aliphatic heterocycles. The van der Waals surface area contributed by atoms with E-state index < -0.39 is 12.7 Å². The van der Waals surface area contributed by atoms with Gasteiger partial charge in [0, 0.05) is 12.2 Å². The standard InChI is InChI=1S/C23H27ClF2N2O3/c24-17-9-16(3-4-19(17)31-22(25)26)27-20(29)18-2-1-5-28(18)21(30)23-10-13-6-14(11-23)8-15(7-13)12-23/h3-4,9,13-15,18,22H,1-2,5-8,10-12H2,(H,27,29)/t13?,14?,15?,18-,23?/m0/s1. The van der Waals surface area contributed by atoms with Crippen molar-refractivity contribution >= 4 is 29.1 Å². The second-order valence-corrected chi connectivity index (χ2v) is 10.3. The molecule has 0 aromatic heterocycles. The van der Waals surface area contributed by atoms with Gasteiger partial charge in [-0.3, -0.25) is 9.59 Å². The van der Waals surface area contributed by atoms with Crippen LogP contribution < -0.4 is 10.1 Å². The van der Waals surface area contributed by atoms with E-state index in [0.717, 1.165) is 25.7 Å². The predicted octanol–water partition coefficient (Wildman–Crippen LogP) is 5.09. The number of ether oxygens (including phenoxy) is 1. The van der Waals surface area contributed by atoms with E-state index in [1.54, 1.807) is 4.90 Å². The zero-order valence-corrected chi connectivity index (χ0v) is 18.0. The fourth-order valence-electron chi connectivity index (χ4n) is 6.96. The molecule has 1 N–H and O–H groups in total. The summed E-state index contributed by atoms with van der Waals surface area (Å²) in [6.45, 7) is -2.36. The number of nitrogens with one attached hydrogen (secondary N) is 1. The van der Waals surface area contributed by atoms with Crippen LogP contribution >= 0.6 is 11.6 Å². The highest BCUT2D eigenvalue weighted by Gasteiger charge is 2.56. The number of carbonyl (C=O) groups is 2. The Bertz CT molecular complexity index is 858. The molecule has 168 valence electrons. The summed E-state index contributed by atoms with van der Waals surface area (Å²) in [6.07, 6.45) is 8.16. The molecular formula is C23H27ClF2N2O3. The van der Waals surface area contributed by atoms with E-state index in [1.807, 2.05) is 0 Å². The Labute approximate surface area is 185 Å². The molecule has 5 aliphatic rings. The fourth-order valence-corrected chi connectivity index (χ4v) is 7.18. The number of hydrogen-bond acceptors (Lipinski definition) is 3. The van der Waals surface area contributed by atoms with Gasteiger partial charge < -0.3 is 15.0 Å². The summed E-state index contributed by atoms with van der Waals surface area (Å²) in [5.74, 6) is 1.77. The highest BCUT2D eigenvalue weighted by Crippen LogP contribution is 2.60. The van der Waals surface area contributed by atoms with Crippen molar-refractivity contribution in [2.45, 2.75) is 64.0 Å². The van der Waals surface area contributed by atoms with Crippen molar-refractivity contribution in [3.63, 3.8) is 0 Å². The maximum absolute atomic E-state index is 13.7. The van der Waals surface area contributed by atoms with Crippen LogP contribution in [0.3, 0.4) is 0 Å². The summed E-state index contributed by atoms with van der Waals surface area (Å²) in [5.41, 5.74) is 0.126. The van der Waals surface area contributed by atoms with E-state index in [9.17, 15) is 18.4 Å². The molecular weight excluding hydrogens is 426 g/mol. The molecule has 8 heteroatoms. The molecule has 1 atom stereocenters. The SMILES string of the molecule is O=C(Nc1ccc(OC(F)F)c(Cl)c1)[C@@H]1CCCN1C(=O)C12CC3CC(CC(C3)C1)C2. The summed E-state index contributed by atoms with van der Waals surface area (Å²) in [6, 6.07) is 3.66. The monoisotopic (exact) mass is 452 g/mol. The minimum Gasteiger partial charge on any atom is -0.433 e. The molecule has 0 unspecified atom stereocenters. The lowest BCUT2D eigenvalue weighted by atomic mass is 9.49. The van der Waals surface area contributed by atoms with Crippen LogP contribution in [0, 0.1) is 23.2 Å². The van der Waals surface area contributed by atoms with Crippen molar-refractivity contribution in [3.05, 3.63) is 23.2 Å². The number of likely N-dealkylation sites (tertiary alicyclic amines) is 1. The van der Waals surface area contributed by atoms with Gasteiger partial charge in [-0.25, -0.2) is 0 Å². The topological polar surface area (TPSA) is 58.6 Å². The fraction of sp³-hybridized carbons (Fsp3) is 0.652. The molecule has 4 bridgehead atoms. The third-order valence-corrected chi connectivity index (χ3v) is 8.02. The van der Waals surface area contributed by atoms with E-state index in [-0.39, 0.29) is 28.0 Å². The van der Waals surface area contributed by atoms with Gasteiger partial charge in [0.15, 0.2) is 0 Å². The van der Waals surface area contributed by atoms with Gasteiger partial charge in [0.05, 0.1) is 10.4 Å². The average Bonchev–Trinajstić information content (AvgIpc) is 3.18. The lowest BCUT2D eigenvalue weighted by molar-refractivity contribution is -0.160. The largest absolute Gasteiger partial charge is 0.433 e. The Morgan fingerprint density at radius 1 is 1.13 bits per heavy atom. The average molecular weight is 453 g/mol. The van der Waals surface area contributed by atoms with Gasteiger partial charge in [-0.2, -0.15) is 8.78 Å². The van der Waals surface area contributed by atoms with Crippen LogP contribution in [0.4, 0.5) is 14.5 Å². The van der Waals surface area contributed by atoms with E-state index in [2.05, 4.69) is 10.1 Å². The molecule has 6 rings (SSSR count). The Hall–Kier alpha value is -1.89. The lowest BCUT2D eigenvalue weighted by Crippen LogP contribution is -2.56. The maximum atomic E-state index is 13.7. The van der Waals surface area contributed by atoms with Crippen molar-refractivity contribution in [2.24, 2.45) is 23.2 Å². The van der Waals surface area contributed by atoms with Crippen molar-refractivity contribution in [1.82, 2.24) is 4.90 Å². The maximum Gasteiger partial charge on any atom is 0.387 e. The van der Waals surface area contributed by atoms with Gasteiger partial charge in [0.1, 0.15) is 11.8 Å². The molecule has 2 amide bonds. The molecule has 5 fully saturated rings. The first-order valence-electron chi connectivity index (χ1n) is 11.2. The summed E-state index contributed by atoms with van der Waals surface area (Å²) in [4.78, 5) is 28.5. The van der Waals surface area contributed by atoms with Gasteiger partial charge in [-0.05, 0) is 87.3 Å². The summed E-state index contributed by atoms with van der Waals surface area (Å²) in [5, 5.41) is 2.80. The third-order valence-electron chi connectivity index (χ3n) is 7.72. The quantitative estimate of drug-likeness (QED) is 0.677. The second-order valence-electron chi connectivity index (χ2n) is 9.87. The van der Waals surface area contributed by atoms with E-state index in [0.29, 0.717) is 36.4 Å². The number of nitrogens with zero attached hydrogens (tertiary/aromatic N) is 1. The zero-order chi connectivity index (χ0) is 21.8. The number of halogens is 3. The summed E-state index contributed by atoms with van der Waals surface area (Å²) in [7, 11) is 0. The molecule has 0 spiro atoms. The van der Waals surface area contributed by atoms with Crippen molar-refractivity contribution in [3.8, 4) is 5.75 Å². The minimum absolute atomic E-state index is 0.00831. The van der Waals surface area contributed by atoms with Crippen molar-refractivity contribution in [1.29, 1.82) is 0 Å². The Kier molecular flexibility index (Phi) is 5.35. The first-order chi connectivity index (χ1) is 14.8. The molecule has 4 aliphatic carbocycles. The Morgan fingerprint density at radius 3 is 2.35 bits per heavy atom. The van der Waals surface area contributed by atoms with Crippen LogP contribution in [0.15, 0.2) is 18.2 Å². The molecule has 1 aromatic rings. The molecule has 5 nitrogen and oxygen atoms in total. The van der Waals surface area contributed by atoms with Crippen LogP contribution in [0.2, 0.25) is 5.02 Å². The first-order valence-corrected chi connectivity index (χ1v) is 11.6. The van der Waals surface area contributed by atoms with Gasteiger partial charge in [-0.1, -0.05) is 11.6 Å². The normalized spacial score (nSPS) is 33.7. The van der Waals surface area contributed by atoms with Crippen LogP contribution in [0.1, 0.15) is 51.4 Å². The van der Waals surface area contributed by atoms with E-state index in [4.69, 9.17) is 11.6 Å². The molecule has 1 heterocycles. The number of hydrogen-bond donors (Lipinski definition) is 1. The van der Waals surface area contributed by atoms with Gasteiger partial charge in [0.25, 0.3) is 0 Å². The molecule has 31 heavy (non-hydrogen) atoms. The molecule has 1 aromatic carbocycles. The third kappa shape index (κ3) is 3.90. The number of carbonyl (C=O) groups excluding carboxylic acids is 2. The zero-order valence-electron chi connectivity index (χ0n) is 17.3. The van der Waals surface area contributed by atoms with Crippen molar-refractivity contribution < 1.29 is 23.1 Å². The number of amides is 2. The number of benzene rings is 1. The second kappa shape index (κ2) is 7.91. The highest BCUT2D eigenvalue weighted by atomic mass is 35.5. The van der Waals surface area contributed by atoms with Gasteiger partial charge in [-0.15, -0.1) is 0 Å². The van der Waals surface area contributed by atoms with Gasteiger partial charge >= 0.3 is 6.61 Å². The number of alkyl halides is 2. The first kappa shape index (κ1) is 21.0. The van der Waals surface area contributed by atoms with Crippen LogP contribution in [-0.4, -0.2) is 35.9 Å². The van der Waals surface area contributed by atoms with Crippen LogP contribution in [0.5, 0.6) is 5.75 Å². The summed E-state index contributed by atoms with van der Waals surface area (Å²) < 4.78 is 29.2. The van der Waals surface area contributed by atoms with Gasteiger partial charge in [0.2, 0.25) is 11.8 Å². The summed E-state index contributed by atoms with van der Waals surface area (Å²) >= 11 is 6.00. The number of rotatable bonds is 5. The molecule has 1 saturated heterocycles. The highest BCUT2D eigenvalue weighted by molar-refractivity contribution is 6.32. The molecule has 0 radical (unpaired) electrons. The Balaban J connectivity index is 1.29. The number of anilines is 1. The molecule has 4 saturated carbocycles.